The van der Waals surface area contributed by atoms with E-state index in [-0.39, 0.29) is 11.8 Å². The molecule has 3 nitrogen and oxygen atoms in total. The number of amides is 1. The summed E-state index contributed by atoms with van der Waals surface area (Å²) >= 11 is 0. The molecule has 0 spiro atoms. The second-order valence-electron chi connectivity index (χ2n) is 4.59. The van der Waals surface area contributed by atoms with E-state index in [1.165, 1.54) is 5.56 Å². The molecule has 0 atom stereocenters. The van der Waals surface area contributed by atoms with Gasteiger partial charge in [-0.15, -0.1) is 0 Å². The third-order valence-electron chi connectivity index (χ3n) is 2.99. The van der Waals surface area contributed by atoms with E-state index in [9.17, 15) is 4.79 Å². The minimum Gasteiger partial charge on any atom is -0.326 e. The van der Waals surface area contributed by atoms with Crippen LogP contribution in [0.3, 0.4) is 0 Å². The highest BCUT2D eigenvalue weighted by Crippen LogP contribution is 2.24. The van der Waals surface area contributed by atoms with E-state index < -0.39 is 0 Å². The van der Waals surface area contributed by atoms with Crippen molar-refractivity contribution in [1.82, 2.24) is 5.32 Å². The van der Waals surface area contributed by atoms with Gasteiger partial charge in [-0.05, 0) is 17.5 Å². The number of benzene rings is 1. The SMILES string of the molecule is CC.CC(C)c1ccccc1NC(=O)C1CNC1. The molecule has 0 bridgehead atoms. The summed E-state index contributed by atoms with van der Waals surface area (Å²) in [6.45, 7) is 9.87. The first kappa shape index (κ1) is 14.7. The van der Waals surface area contributed by atoms with Gasteiger partial charge in [0.15, 0.2) is 0 Å². The van der Waals surface area contributed by atoms with Gasteiger partial charge in [0.25, 0.3) is 0 Å². The summed E-state index contributed by atoms with van der Waals surface area (Å²) in [6.07, 6.45) is 0. The second-order valence-corrected chi connectivity index (χ2v) is 4.59. The number of carbonyl (C=O) groups excluding carboxylic acids is 1. The van der Waals surface area contributed by atoms with E-state index in [0.717, 1.165) is 18.8 Å². The minimum absolute atomic E-state index is 0.131. The molecule has 2 rings (SSSR count). The molecule has 3 heteroatoms. The first-order valence-corrected chi connectivity index (χ1v) is 6.79. The van der Waals surface area contributed by atoms with Gasteiger partial charge in [-0.1, -0.05) is 45.9 Å². The predicted molar refractivity (Wildman–Crippen MR) is 76.9 cm³/mol. The smallest absolute Gasteiger partial charge is 0.230 e. The van der Waals surface area contributed by atoms with Crippen molar-refractivity contribution < 1.29 is 4.79 Å². The molecule has 1 aromatic rings. The molecule has 1 amide bonds. The summed E-state index contributed by atoms with van der Waals surface area (Å²) in [7, 11) is 0. The van der Waals surface area contributed by atoms with E-state index >= 15 is 0 Å². The molecule has 100 valence electrons. The fourth-order valence-electron chi connectivity index (χ4n) is 1.82. The number of anilines is 1. The zero-order valence-corrected chi connectivity index (χ0v) is 11.8. The van der Waals surface area contributed by atoms with Crippen LogP contribution in [0, 0.1) is 5.92 Å². The molecule has 1 aliphatic rings. The lowest BCUT2D eigenvalue weighted by Gasteiger charge is -2.26. The summed E-state index contributed by atoms with van der Waals surface area (Å²) in [5.74, 6) is 0.697. The van der Waals surface area contributed by atoms with Crippen LogP contribution < -0.4 is 10.6 Å². The van der Waals surface area contributed by atoms with Crippen molar-refractivity contribution in [1.29, 1.82) is 0 Å². The Hall–Kier alpha value is -1.35. The van der Waals surface area contributed by atoms with E-state index in [0.29, 0.717) is 5.92 Å². The number of hydrogen-bond acceptors (Lipinski definition) is 2. The molecule has 18 heavy (non-hydrogen) atoms. The van der Waals surface area contributed by atoms with Crippen LogP contribution in [0.2, 0.25) is 0 Å². The molecule has 1 fully saturated rings. The Morgan fingerprint density at radius 3 is 2.39 bits per heavy atom. The molecule has 0 saturated carbocycles. The monoisotopic (exact) mass is 248 g/mol. The van der Waals surface area contributed by atoms with Crippen molar-refractivity contribution in [3.8, 4) is 0 Å². The molecule has 2 N–H and O–H groups in total. The van der Waals surface area contributed by atoms with Crippen LogP contribution in [0.1, 0.15) is 39.2 Å². The highest BCUT2D eigenvalue weighted by Gasteiger charge is 2.25. The quantitative estimate of drug-likeness (QED) is 0.863. The lowest BCUT2D eigenvalue weighted by molar-refractivity contribution is -0.121. The van der Waals surface area contributed by atoms with Gasteiger partial charge >= 0.3 is 0 Å². The zero-order chi connectivity index (χ0) is 13.5. The van der Waals surface area contributed by atoms with Crippen molar-refractivity contribution in [3.05, 3.63) is 29.8 Å². The van der Waals surface area contributed by atoms with Crippen molar-refractivity contribution in [2.45, 2.75) is 33.6 Å². The van der Waals surface area contributed by atoms with Crippen molar-refractivity contribution in [2.24, 2.45) is 5.92 Å². The average molecular weight is 248 g/mol. The fourth-order valence-corrected chi connectivity index (χ4v) is 1.82. The molecular formula is C15H24N2O. The van der Waals surface area contributed by atoms with Crippen LogP contribution >= 0.6 is 0 Å². The maximum Gasteiger partial charge on any atom is 0.230 e. The number of rotatable bonds is 3. The van der Waals surface area contributed by atoms with Crippen LogP contribution in [0.15, 0.2) is 24.3 Å². The highest BCUT2D eigenvalue weighted by atomic mass is 16.2. The van der Waals surface area contributed by atoms with Gasteiger partial charge in [-0.3, -0.25) is 4.79 Å². The summed E-state index contributed by atoms with van der Waals surface area (Å²) in [5, 5.41) is 6.12. The van der Waals surface area contributed by atoms with E-state index in [2.05, 4.69) is 30.5 Å². The maximum atomic E-state index is 11.8. The molecule has 0 aromatic heterocycles. The number of hydrogen-bond donors (Lipinski definition) is 2. The third kappa shape index (κ3) is 3.57. The number of carbonyl (C=O) groups is 1. The molecule has 0 radical (unpaired) electrons. The normalized spacial score (nSPS) is 14.5. The van der Waals surface area contributed by atoms with Crippen molar-refractivity contribution in [3.63, 3.8) is 0 Å². The largest absolute Gasteiger partial charge is 0.326 e. The van der Waals surface area contributed by atoms with Crippen LogP contribution in [0.4, 0.5) is 5.69 Å². The lowest BCUT2D eigenvalue weighted by atomic mass is 9.99. The van der Waals surface area contributed by atoms with E-state index in [1.807, 2.05) is 32.0 Å². The van der Waals surface area contributed by atoms with Crippen LogP contribution in [0.5, 0.6) is 0 Å². The summed E-state index contributed by atoms with van der Waals surface area (Å²) in [6, 6.07) is 8.01. The Morgan fingerprint density at radius 2 is 1.89 bits per heavy atom. The standard InChI is InChI=1S/C13H18N2O.C2H6/c1-9(2)11-5-3-4-6-12(11)15-13(16)10-7-14-8-10;1-2/h3-6,9-10,14H,7-8H2,1-2H3,(H,15,16);1-2H3. The number of nitrogens with one attached hydrogen (secondary N) is 2. The Balaban J connectivity index is 0.000000771. The molecule has 0 unspecified atom stereocenters. The fraction of sp³-hybridized carbons (Fsp3) is 0.533. The van der Waals surface area contributed by atoms with Crippen LogP contribution in [-0.2, 0) is 4.79 Å². The third-order valence-corrected chi connectivity index (χ3v) is 2.99. The predicted octanol–water partition coefficient (Wildman–Crippen LogP) is 2.99. The molecule has 1 saturated heterocycles. The topological polar surface area (TPSA) is 41.1 Å². The number of para-hydroxylation sites is 1. The Labute approximate surface area is 110 Å². The van der Waals surface area contributed by atoms with E-state index in [4.69, 9.17) is 0 Å². The van der Waals surface area contributed by atoms with Crippen LogP contribution in [-0.4, -0.2) is 19.0 Å². The van der Waals surface area contributed by atoms with Gasteiger partial charge < -0.3 is 10.6 Å². The van der Waals surface area contributed by atoms with Crippen molar-refractivity contribution >= 4 is 11.6 Å². The lowest BCUT2D eigenvalue weighted by Crippen LogP contribution is -2.48. The average Bonchev–Trinajstić information content (AvgIpc) is 2.29. The minimum atomic E-state index is 0.131. The Morgan fingerprint density at radius 1 is 1.28 bits per heavy atom. The molecule has 0 aliphatic carbocycles. The molecule has 1 aromatic carbocycles. The highest BCUT2D eigenvalue weighted by molar-refractivity contribution is 5.94. The van der Waals surface area contributed by atoms with Crippen LogP contribution in [0.25, 0.3) is 0 Å². The maximum absolute atomic E-state index is 11.8. The zero-order valence-electron chi connectivity index (χ0n) is 11.8. The first-order chi connectivity index (χ1) is 8.68. The molecule has 1 aliphatic heterocycles. The Kier molecular flexibility index (Phi) is 5.86. The van der Waals surface area contributed by atoms with Gasteiger partial charge in [-0.25, -0.2) is 0 Å². The van der Waals surface area contributed by atoms with Crippen molar-refractivity contribution in [2.75, 3.05) is 18.4 Å². The van der Waals surface area contributed by atoms with Gasteiger partial charge in [0.2, 0.25) is 5.91 Å². The molecule has 1 heterocycles. The second kappa shape index (κ2) is 7.17. The first-order valence-electron chi connectivity index (χ1n) is 6.79. The van der Waals surface area contributed by atoms with E-state index in [1.54, 1.807) is 0 Å². The summed E-state index contributed by atoms with van der Waals surface area (Å²) in [5.41, 5.74) is 2.15. The Bertz CT molecular complexity index is 384. The van der Waals surface area contributed by atoms with Gasteiger partial charge in [0, 0.05) is 18.8 Å². The summed E-state index contributed by atoms with van der Waals surface area (Å²) < 4.78 is 0. The summed E-state index contributed by atoms with van der Waals surface area (Å²) in [4.78, 5) is 11.8. The van der Waals surface area contributed by atoms with Gasteiger partial charge in [0.1, 0.15) is 0 Å². The molecular weight excluding hydrogens is 224 g/mol. The van der Waals surface area contributed by atoms with Gasteiger partial charge in [-0.2, -0.15) is 0 Å². The van der Waals surface area contributed by atoms with Gasteiger partial charge in [0.05, 0.1) is 5.92 Å².